The minimum atomic E-state index is -0.394. The third-order valence-electron chi connectivity index (χ3n) is 4.49. The van der Waals surface area contributed by atoms with Crippen molar-refractivity contribution in [1.29, 1.82) is 0 Å². The van der Waals surface area contributed by atoms with Crippen LogP contribution in [0.4, 0.5) is 5.82 Å². The minimum absolute atomic E-state index is 0.260. The Morgan fingerprint density at radius 1 is 1.14 bits per heavy atom. The lowest BCUT2D eigenvalue weighted by atomic mass is 10.0. The average molecular weight is 292 g/mol. The van der Waals surface area contributed by atoms with Gasteiger partial charge in [-0.1, -0.05) is 0 Å². The zero-order chi connectivity index (χ0) is 15.0. The lowest BCUT2D eigenvalue weighted by molar-refractivity contribution is -0.130. The molecule has 0 bridgehead atoms. The Labute approximate surface area is 122 Å². The molecule has 0 spiro atoms. The van der Waals surface area contributed by atoms with Gasteiger partial charge in [-0.25, -0.2) is 4.79 Å². The van der Waals surface area contributed by atoms with Crippen molar-refractivity contribution < 1.29 is 4.79 Å². The van der Waals surface area contributed by atoms with Gasteiger partial charge in [0.05, 0.1) is 0 Å². The molecule has 0 unspecified atom stereocenters. The molecule has 0 aromatic carbocycles. The molecule has 0 aliphatic carbocycles. The van der Waals surface area contributed by atoms with Crippen LogP contribution in [0.1, 0.15) is 25.7 Å². The lowest BCUT2D eigenvalue weighted by Gasteiger charge is -2.37. The van der Waals surface area contributed by atoms with Gasteiger partial charge in [0.1, 0.15) is 5.82 Å². The minimum Gasteiger partial charge on any atom is -0.358 e. The van der Waals surface area contributed by atoms with E-state index in [1.165, 1.54) is 13.1 Å². The summed E-state index contributed by atoms with van der Waals surface area (Å²) in [7, 11) is 1.45. The molecule has 1 N–H and O–H groups in total. The Kier molecular flexibility index (Phi) is 3.57. The van der Waals surface area contributed by atoms with E-state index in [9.17, 15) is 14.4 Å². The van der Waals surface area contributed by atoms with Gasteiger partial charge in [-0.3, -0.25) is 19.1 Å². The van der Waals surface area contributed by atoms with E-state index in [-0.39, 0.29) is 11.5 Å². The summed E-state index contributed by atoms with van der Waals surface area (Å²) in [6.07, 6.45) is 3.38. The van der Waals surface area contributed by atoms with Crippen LogP contribution < -0.4 is 16.1 Å². The molecule has 3 rings (SSSR count). The summed E-state index contributed by atoms with van der Waals surface area (Å²) in [5, 5.41) is 0. The number of carbonyl (C=O) groups excluding carboxylic acids is 1. The van der Waals surface area contributed by atoms with Crippen LogP contribution in [-0.4, -0.2) is 46.0 Å². The summed E-state index contributed by atoms with van der Waals surface area (Å²) < 4.78 is 1.05. The predicted molar refractivity (Wildman–Crippen MR) is 78.5 cm³/mol. The van der Waals surface area contributed by atoms with E-state index in [0.29, 0.717) is 18.3 Å². The number of nitrogens with zero attached hydrogens (tertiary/aromatic N) is 3. The number of anilines is 1. The molecule has 114 valence electrons. The van der Waals surface area contributed by atoms with Crippen molar-refractivity contribution in [3.05, 3.63) is 26.9 Å². The van der Waals surface area contributed by atoms with Crippen LogP contribution in [0, 0.1) is 0 Å². The Morgan fingerprint density at radius 3 is 2.43 bits per heavy atom. The van der Waals surface area contributed by atoms with Gasteiger partial charge in [-0.05, 0) is 19.3 Å². The van der Waals surface area contributed by atoms with Gasteiger partial charge in [0.15, 0.2) is 0 Å². The number of nitrogens with one attached hydrogen (secondary N) is 1. The summed E-state index contributed by atoms with van der Waals surface area (Å²) >= 11 is 0. The predicted octanol–water partition coefficient (Wildman–Crippen LogP) is -0.335. The van der Waals surface area contributed by atoms with E-state index in [1.807, 2.05) is 9.80 Å². The fourth-order valence-electron chi connectivity index (χ4n) is 3.19. The van der Waals surface area contributed by atoms with E-state index >= 15 is 0 Å². The van der Waals surface area contributed by atoms with E-state index in [4.69, 9.17) is 0 Å². The molecule has 2 aliphatic heterocycles. The number of aromatic amines is 1. The van der Waals surface area contributed by atoms with Gasteiger partial charge >= 0.3 is 5.69 Å². The van der Waals surface area contributed by atoms with Crippen LogP contribution >= 0.6 is 0 Å². The first-order valence-electron chi connectivity index (χ1n) is 7.41. The molecule has 3 heterocycles. The number of amides is 1. The highest BCUT2D eigenvalue weighted by molar-refractivity contribution is 5.78. The summed E-state index contributed by atoms with van der Waals surface area (Å²) in [5.74, 6) is 0.838. The molecule has 7 heteroatoms. The van der Waals surface area contributed by atoms with E-state index in [1.54, 1.807) is 0 Å². The van der Waals surface area contributed by atoms with E-state index in [2.05, 4.69) is 4.98 Å². The molecule has 0 radical (unpaired) electrons. The molecule has 21 heavy (non-hydrogen) atoms. The smallest absolute Gasteiger partial charge is 0.329 e. The molecule has 1 amide bonds. The second kappa shape index (κ2) is 5.38. The highest BCUT2D eigenvalue weighted by Crippen LogP contribution is 2.23. The van der Waals surface area contributed by atoms with Crippen molar-refractivity contribution in [1.82, 2.24) is 14.5 Å². The van der Waals surface area contributed by atoms with Gasteiger partial charge in [0.2, 0.25) is 5.91 Å². The molecule has 0 saturated carbocycles. The van der Waals surface area contributed by atoms with Crippen molar-refractivity contribution in [3.63, 3.8) is 0 Å². The maximum atomic E-state index is 11.8. The first-order valence-corrected chi connectivity index (χ1v) is 7.41. The zero-order valence-electron chi connectivity index (χ0n) is 12.2. The Bertz CT molecular complexity index is 624. The highest BCUT2D eigenvalue weighted by Gasteiger charge is 2.30. The molecular formula is C14H20N4O3. The van der Waals surface area contributed by atoms with Crippen molar-refractivity contribution in [2.75, 3.05) is 24.5 Å². The first kappa shape index (κ1) is 13.9. The summed E-state index contributed by atoms with van der Waals surface area (Å²) in [6, 6.07) is 1.76. The molecule has 7 nitrogen and oxygen atoms in total. The lowest BCUT2D eigenvalue weighted by Crippen LogP contribution is -2.46. The van der Waals surface area contributed by atoms with Gasteiger partial charge in [-0.2, -0.15) is 0 Å². The van der Waals surface area contributed by atoms with Crippen molar-refractivity contribution in [2.45, 2.75) is 31.7 Å². The molecule has 2 aliphatic rings. The number of aromatic nitrogens is 2. The molecule has 0 atom stereocenters. The molecular weight excluding hydrogens is 272 g/mol. The number of hydrogen-bond acceptors (Lipinski definition) is 4. The topological polar surface area (TPSA) is 78.4 Å². The largest absolute Gasteiger partial charge is 0.358 e. The number of H-pyrrole nitrogens is 1. The standard InChI is InChI=1S/C14H20N4O3/c1-16-13(20)9-11(15-14(16)21)17-7-4-10(5-8-17)18-6-2-3-12(18)19/h9-10H,2-8H2,1H3,(H,15,21). The molecule has 2 saturated heterocycles. The molecule has 2 fully saturated rings. The Hall–Kier alpha value is -2.05. The van der Waals surface area contributed by atoms with Crippen molar-refractivity contribution in [2.24, 2.45) is 7.05 Å². The summed E-state index contributed by atoms with van der Waals surface area (Å²) in [6.45, 7) is 2.36. The van der Waals surface area contributed by atoms with Crippen molar-refractivity contribution in [3.8, 4) is 0 Å². The molecule has 1 aromatic rings. The first-order chi connectivity index (χ1) is 10.1. The van der Waals surface area contributed by atoms with Crippen LogP contribution in [0.15, 0.2) is 15.7 Å². The summed E-state index contributed by atoms with van der Waals surface area (Å²) in [5.41, 5.74) is -0.695. The summed E-state index contributed by atoms with van der Waals surface area (Å²) in [4.78, 5) is 41.8. The zero-order valence-corrected chi connectivity index (χ0v) is 12.2. The monoisotopic (exact) mass is 292 g/mol. The van der Waals surface area contributed by atoms with Gasteiger partial charge < -0.3 is 9.80 Å². The third kappa shape index (κ3) is 2.59. The fraction of sp³-hybridized carbons (Fsp3) is 0.643. The maximum Gasteiger partial charge on any atom is 0.329 e. The Balaban J connectivity index is 1.70. The SMILES string of the molecule is Cn1c(=O)cc(N2CCC(N3CCCC3=O)CC2)[nH]c1=O. The number of hydrogen-bond donors (Lipinski definition) is 1. The maximum absolute atomic E-state index is 11.8. The van der Waals surface area contributed by atoms with E-state index in [0.717, 1.165) is 43.5 Å². The second-order valence-electron chi connectivity index (χ2n) is 5.77. The third-order valence-corrected chi connectivity index (χ3v) is 4.49. The van der Waals surface area contributed by atoms with Gasteiger partial charge in [0, 0.05) is 45.2 Å². The quantitative estimate of drug-likeness (QED) is 0.809. The second-order valence-corrected chi connectivity index (χ2v) is 5.77. The fourth-order valence-corrected chi connectivity index (χ4v) is 3.19. The Morgan fingerprint density at radius 2 is 1.86 bits per heavy atom. The van der Waals surface area contributed by atoms with Crippen LogP contribution in [0.3, 0.4) is 0 Å². The van der Waals surface area contributed by atoms with Crippen LogP contribution in [0.2, 0.25) is 0 Å². The average Bonchev–Trinajstić information content (AvgIpc) is 2.90. The number of piperidine rings is 1. The van der Waals surface area contributed by atoms with Crippen molar-refractivity contribution >= 4 is 11.7 Å². The van der Waals surface area contributed by atoms with E-state index < -0.39 is 5.69 Å². The van der Waals surface area contributed by atoms with Gasteiger partial charge in [-0.15, -0.1) is 0 Å². The van der Waals surface area contributed by atoms with Gasteiger partial charge in [0.25, 0.3) is 5.56 Å². The van der Waals surface area contributed by atoms with Crippen LogP contribution in [-0.2, 0) is 11.8 Å². The highest BCUT2D eigenvalue weighted by atomic mass is 16.2. The molecule has 1 aromatic heterocycles. The van der Waals surface area contributed by atoms with Crippen LogP contribution in [0.25, 0.3) is 0 Å². The number of likely N-dealkylation sites (tertiary alicyclic amines) is 1. The number of rotatable bonds is 2. The number of carbonyl (C=O) groups is 1. The van der Waals surface area contributed by atoms with Crippen LogP contribution in [0.5, 0.6) is 0 Å². The normalized spacial score (nSPS) is 20.3.